The van der Waals surface area contributed by atoms with Crippen molar-refractivity contribution >= 4 is 33.1 Å². The summed E-state index contributed by atoms with van der Waals surface area (Å²) in [6.07, 6.45) is 5.22. The molecule has 1 aliphatic heterocycles. The fourth-order valence-electron chi connectivity index (χ4n) is 2.40. The van der Waals surface area contributed by atoms with Gasteiger partial charge in [-0.3, -0.25) is 4.72 Å². The predicted molar refractivity (Wildman–Crippen MR) is 87.6 cm³/mol. The summed E-state index contributed by atoms with van der Waals surface area (Å²) < 4.78 is 26.4. The summed E-state index contributed by atoms with van der Waals surface area (Å²) in [5.74, 6) is 1.17. The lowest BCUT2D eigenvalue weighted by molar-refractivity contribution is 0.573. The van der Waals surface area contributed by atoms with E-state index < -0.39 is 10.0 Å². The van der Waals surface area contributed by atoms with Gasteiger partial charge in [0.1, 0.15) is 5.82 Å². The van der Waals surface area contributed by atoms with Crippen molar-refractivity contribution in [2.75, 3.05) is 34.3 Å². The third kappa shape index (κ3) is 5.04. The van der Waals surface area contributed by atoms with Crippen LogP contribution in [0.3, 0.4) is 0 Å². The van der Waals surface area contributed by atoms with Crippen LogP contribution in [0.4, 0.5) is 11.5 Å². The van der Waals surface area contributed by atoms with Gasteiger partial charge in [0.15, 0.2) is 0 Å². The van der Waals surface area contributed by atoms with E-state index in [0.717, 1.165) is 18.9 Å². The molecule has 0 aromatic carbocycles. The SMILES string of the molecule is CC(CCl)CS(=O)(=O)Nc1ccc(N2CCCCC2)nc1. The maximum absolute atomic E-state index is 11.9. The van der Waals surface area contributed by atoms with E-state index in [0.29, 0.717) is 11.6 Å². The zero-order valence-corrected chi connectivity index (χ0v) is 13.8. The second kappa shape index (κ2) is 7.31. The van der Waals surface area contributed by atoms with Crippen molar-refractivity contribution in [1.82, 2.24) is 4.98 Å². The van der Waals surface area contributed by atoms with Crippen molar-refractivity contribution in [2.24, 2.45) is 5.92 Å². The number of anilines is 2. The number of hydrogen-bond donors (Lipinski definition) is 1. The average molecular weight is 332 g/mol. The zero-order chi connectivity index (χ0) is 15.3. The Morgan fingerprint density at radius 3 is 2.62 bits per heavy atom. The number of alkyl halides is 1. The molecule has 0 saturated carbocycles. The maximum atomic E-state index is 11.9. The molecule has 0 aliphatic carbocycles. The molecule has 0 amide bonds. The number of halogens is 1. The first-order valence-corrected chi connectivity index (χ1v) is 9.46. The molecule has 1 saturated heterocycles. The summed E-state index contributed by atoms with van der Waals surface area (Å²) in [4.78, 5) is 6.59. The van der Waals surface area contributed by atoms with Crippen molar-refractivity contribution < 1.29 is 8.42 Å². The lowest BCUT2D eigenvalue weighted by Crippen LogP contribution is -2.30. The van der Waals surface area contributed by atoms with Crippen molar-refractivity contribution in [3.05, 3.63) is 18.3 Å². The van der Waals surface area contributed by atoms with Gasteiger partial charge in [0, 0.05) is 19.0 Å². The number of nitrogens with zero attached hydrogens (tertiary/aromatic N) is 2. The Morgan fingerprint density at radius 2 is 2.05 bits per heavy atom. The third-order valence-corrected chi connectivity index (χ3v) is 5.55. The largest absolute Gasteiger partial charge is 0.357 e. The summed E-state index contributed by atoms with van der Waals surface area (Å²) in [7, 11) is -3.37. The van der Waals surface area contributed by atoms with E-state index in [1.165, 1.54) is 19.3 Å². The van der Waals surface area contributed by atoms with E-state index in [-0.39, 0.29) is 11.7 Å². The topological polar surface area (TPSA) is 62.3 Å². The van der Waals surface area contributed by atoms with Crippen molar-refractivity contribution in [3.63, 3.8) is 0 Å². The van der Waals surface area contributed by atoms with Crippen LogP contribution in [-0.2, 0) is 10.0 Å². The molecule has 0 radical (unpaired) electrons. The molecule has 1 aliphatic rings. The lowest BCUT2D eigenvalue weighted by atomic mass is 10.1. The Kier molecular flexibility index (Phi) is 5.70. The van der Waals surface area contributed by atoms with Gasteiger partial charge < -0.3 is 4.90 Å². The molecule has 2 rings (SSSR count). The summed E-state index contributed by atoms with van der Waals surface area (Å²) in [5, 5.41) is 0. The highest BCUT2D eigenvalue weighted by Crippen LogP contribution is 2.19. The average Bonchev–Trinajstić information content (AvgIpc) is 2.48. The van der Waals surface area contributed by atoms with Crippen LogP contribution in [-0.4, -0.2) is 38.1 Å². The molecular weight excluding hydrogens is 310 g/mol. The second-order valence-electron chi connectivity index (χ2n) is 5.60. The minimum absolute atomic E-state index is 0.0182. The Labute approximate surface area is 131 Å². The molecule has 1 fully saturated rings. The summed E-state index contributed by atoms with van der Waals surface area (Å²) in [6, 6.07) is 3.63. The molecular formula is C14H22ClN3O2S. The van der Waals surface area contributed by atoms with Crippen molar-refractivity contribution in [3.8, 4) is 0 Å². The maximum Gasteiger partial charge on any atom is 0.233 e. The molecule has 118 valence electrons. The standard InChI is InChI=1S/C14H22ClN3O2S/c1-12(9-15)11-21(19,20)17-13-5-6-14(16-10-13)18-7-3-2-4-8-18/h5-6,10,12,17H,2-4,7-9,11H2,1H3. The van der Waals surface area contributed by atoms with Crippen LogP contribution in [0.15, 0.2) is 18.3 Å². The number of piperidine rings is 1. The Bertz CT molecular complexity index is 542. The fraction of sp³-hybridized carbons (Fsp3) is 0.643. The van der Waals surface area contributed by atoms with E-state index in [1.54, 1.807) is 12.3 Å². The normalized spacial score (nSPS) is 17.5. The van der Waals surface area contributed by atoms with Crippen LogP contribution < -0.4 is 9.62 Å². The smallest absolute Gasteiger partial charge is 0.233 e. The second-order valence-corrected chi connectivity index (χ2v) is 7.67. The molecule has 0 bridgehead atoms. The van der Waals surface area contributed by atoms with Gasteiger partial charge in [0.05, 0.1) is 17.6 Å². The Hall–Kier alpha value is -1.01. The van der Waals surface area contributed by atoms with Gasteiger partial charge in [-0.05, 0) is 37.3 Å². The highest BCUT2D eigenvalue weighted by molar-refractivity contribution is 7.92. The van der Waals surface area contributed by atoms with Crippen LogP contribution in [0.1, 0.15) is 26.2 Å². The molecule has 2 heterocycles. The van der Waals surface area contributed by atoms with Gasteiger partial charge in [-0.15, -0.1) is 11.6 Å². The van der Waals surface area contributed by atoms with Crippen LogP contribution in [0.25, 0.3) is 0 Å². The van der Waals surface area contributed by atoms with E-state index in [9.17, 15) is 8.42 Å². The summed E-state index contributed by atoms with van der Waals surface area (Å²) in [5.41, 5.74) is 0.498. The summed E-state index contributed by atoms with van der Waals surface area (Å²) >= 11 is 5.66. The number of rotatable bonds is 6. The van der Waals surface area contributed by atoms with Crippen LogP contribution in [0.2, 0.25) is 0 Å². The minimum Gasteiger partial charge on any atom is -0.357 e. The van der Waals surface area contributed by atoms with Gasteiger partial charge in [-0.25, -0.2) is 13.4 Å². The van der Waals surface area contributed by atoms with Crippen molar-refractivity contribution in [2.45, 2.75) is 26.2 Å². The molecule has 1 aromatic rings. The molecule has 1 atom stereocenters. The summed E-state index contributed by atoms with van der Waals surface area (Å²) in [6.45, 7) is 3.85. The third-order valence-electron chi connectivity index (χ3n) is 3.47. The highest BCUT2D eigenvalue weighted by Gasteiger charge is 2.16. The van der Waals surface area contributed by atoms with E-state index in [4.69, 9.17) is 11.6 Å². The van der Waals surface area contributed by atoms with Crippen LogP contribution in [0, 0.1) is 5.92 Å². The Morgan fingerprint density at radius 1 is 1.33 bits per heavy atom. The van der Waals surface area contributed by atoms with Crippen molar-refractivity contribution in [1.29, 1.82) is 0 Å². The minimum atomic E-state index is -3.37. The fourth-order valence-corrected chi connectivity index (χ4v) is 4.07. The zero-order valence-electron chi connectivity index (χ0n) is 12.3. The van der Waals surface area contributed by atoms with Crippen LogP contribution in [0.5, 0.6) is 0 Å². The van der Waals surface area contributed by atoms with Gasteiger partial charge in [-0.2, -0.15) is 0 Å². The predicted octanol–water partition coefficient (Wildman–Crippen LogP) is 2.69. The molecule has 1 unspecified atom stereocenters. The number of pyridine rings is 1. The molecule has 0 spiro atoms. The molecule has 7 heteroatoms. The lowest BCUT2D eigenvalue weighted by Gasteiger charge is -2.27. The monoisotopic (exact) mass is 331 g/mol. The first-order valence-electron chi connectivity index (χ1n) is 7.27. The molecule has 1 aromatic heterocycles. The van der Waals surface area contributed by atoms with Gasteiger partial charge in [0.25, 0.3) is 0 Å². The number of hydrogen-bond acceptors (Lipinski definition) is 4. The number of sulfonamides is 1. The highest BCUT2D eigenvalue weighted by atomic mass is 35.5. The van der Waals surface area contributed by atoms with Gasteiger partial charge in [0.2, 0.25) is 10.0 Å². The first kappa shape index (κ1) is 16.4. The quantitative estimate of drug-likeness (QED) is 0.814. The van der Waals surface area contributed by atoms with E-state index in [2.05, 4.69) is 14.6 Å². The van der Waals surface area contributed by atoms with Gasteiger partial charge in [-0.1, -0.05) is 6.92 Å². The number of aromatic nitrogens is 1. The Balaban J connectivity index is 1.98. The first-order chi connectivity index (χ1) is 10.00. The molecule has 1 N–H and O–H groups in total. The van der Waals surface area contributed by atoms with Gasteiger partial charge >= 0.3 is 0 Å². The van der Waals surface area contributed by atoms with E-state index >= 15 is 0 Å². The van der Waals surface area contributed by atoms with E-state index in [1.807, 2.05) is 13.0 Å². The van der Waals surface area contributed by atoms with Crippen LogP contribution >= 0.6 is 11.6 Å². The molecule has 21 heavy (non-hydrogen) atoms. The molecule has 5 nitrogen and oxygen atoms in total. The number of nitrogens with one attached hydrogen (secondary N) is 1.